The van der Waals surface area contributed by atoms with Crippen molar-refractivity contribution in [2.24, 2.45) is 5.92 Å². The number of aliphatic hydroxyl groups is 1. The van der Waals surface area contributed by atoms with Crippen molar-refractivity contribution in [3.05, 3.63) is 64.9 Å². The Morgan fingerprint density at radius 1 is 1.26 bits per heavy atom. The number of halogens is 2. The van der Waals surface area contributed by atoms with E-state index in [0.29, 0.717) is 16.0 Å². The number of nitrogens with zero attached hydrogens (tertiary/aromatic N) is 2. The lowest BCUT2D eigenvalue weighted by atomic mass is 9.96. The summed E-state index contributed by atoms with van der Waals surface area (Å²) in [6.07, 6.45) is 0.839. The van der Waals surface area contributed by atoms with Crippen LogP contribution in [0.2, 0.25) is 5.02 Å². The lowest BCUT2D eigenvalue weighted by Gasteiger charge is -2.45. The van der Waals surface area contributed by atoms with Crippen molar-refractivity contribution in [2.75, 3.05) is 24.1 Å². The van der Waals surface area contributed by atoms with Gasteiger partial charge in [-0.3, -0.25) is 9.59 Å². The van der Waals surface area contributed by atoms with E-state index in [2.05, 4.69) is 0 Å². The van der Waals surface area contributed by atoms with E-state index in [1.54, 1.807) is 46.8 Å². The van der Waals surface area contributed by atoms with Gasteiger partial charge in [0.25, 0.3) is 5.91 Å². The highest BCUT2D eigenvalue weighted by atomic mass is 35.5. The van der Waals surface area contributed by atoms with Crippen LogP contribution in [-0.2, 0) is 14.3 Å². The van der Waals surface area contributed by atoms with Crippen molar-refractivity contribution in [2.45, 2.75) is 43.2 Å². The molecule has 0 radical (unpaired) electrons. The van der Waals surface area contributed by atoms with E-state index in [-0.39, 0.29) is 19.8 Å². The van der Waals surface area contributed by atoms with Crippen LogP contribution in [-0.4, -0.2) is 64.1 Å². The highest BCUT2D eigenvalue weighted by Crippen LogP contribution is 2.40. The lowest BCUT2D eigenvalue weighted by molar-refractivity contribution is -0.176. The van der Waals surface area contributed by atoms with Gasteiger partial charge in [-0.2, -0.15) is 0 Å². The molecule has 1 heterocycles. The number of rotatable bonds is 10. The van der Waals surface area contributed by atoms with Crippen molar-refractivity contribution in [3.63, 3.8) is 0 Å². The molecule has 4 rings (SSSR count). The molecule has 2 aliphatic rings. The first-order valence-corrected chi connectivity index (χ1v) is 12.7. The summed E-state index contributed by atoms with van der Waals surface area (Å²) in [4.78, 5) is 26.8. The minimum atomic E-state index is -1.19. The molecule has 1 saturated carbocycles. The maximum atomic E-state index is 14.7. The zero-order valence-corrected chi connectivity index (χ0v) is 20.8. The Hall–Kier alpha value is -2.33. The van der Waals surface area contributed by atoms with Crippen LogP contribution in [0.25, 0.3) is 0 Å². The van der Waals surface area contributed by atoms with E-state index in [1.807, 2.05) is 0 Å². The van der Waals surface area contributed by atoms with Gasteiger partial charge in [0.15, 0.2) is 0 Å². The number of amides is 1. The average molecular weight is 523 g/mol. The number of benzene rings is 2. The average Bonchev–Trinajstić information content (AvgIpc) is 3.66. The number of hydrogen-bond acceptors (Lipinski definition) is 6. The number of carboxylic acids is 1. The Balaban J connectivity index is 1.68. The minimum Gasteiger partial charge on any atom is -0.481 e. The third kappa shape index (κ3) is 5.91. The van der Waals surface area contributed by atoms with E-state index in [1.165, 1.54) is 29.8 Å². The summed E-state index contributed by atoms with van der Waals surface area (Å²) in [7, 11) is 0. The molecule has 7 nitrogen and oxygen atoms in total. The van der Waals surface area contributed by atoms with Crippen molar-refractivity contribution in [3.8, 4) is 0 Å². The zero-order chi connectivity index (χ0) is 25.1. The lowest BCUT2D eigenvalue weighted by Crippen LogP contribution is -2.59. The Morgan fingerprint density at radius 3 is 2.54 bits per heavy atom. The van der Waals surface area contributed by atoms with Crippen LogP contribution in [0.4, 0.5) is 10.1 Å². The number of anilines is 1. The van der Waals surface area contributed by atoms with Crippen LogP contribution < -0.4 is 4.31 Å². The van der Waals surface area contributed by atoms with Gasteiger partial charge in [0.05, 0.1) is 43.4 Å². The minimum absolute atomic E-state index is 0.0572. The second kappa shape index (κ2) is 11.2. The maximum Gasteiger partial charge on any atom is 0.309 e. The number of ether oxygens (including phenoxy) is 1. The second-order valence-electron chi connectivity index (χ2n) is 8.85. The highest BCUT2D eigenvalue weighted by molar-refractivity contribution is 8.01. The molecule has 2 aromatic carbocycles. The number of carbonyl (C=O) groups excluding carboxylic acids is 1. The molecule has 4 unspecified atom stereocenters. The van der Waals surface area contributed by atoms with Gasteiger partial charge in [0.1, 0.15) is 11.9 Å². The van der Waals surface area contributed by atoms with Gasteiger partial charge in [-0.25, -0.2) is 4.39 Å². The predicted octanol–water partition coefficient (Wildman–Crippen LogP) is 4.15. The summed E-state index contributed by atoms with van der Waals surface area (Å²) < 4.78 is 22.3. The SMILES string of the molecule is CC(C(=O)O)C1OCC(c2ccc(Cl)cc2)N(C(CO)CN(SC2CC2)c2ccccc2F)C1=O. The van der Waals surface area contributed by atoms with Crippen LogP contribution in [0.5, 0.6) is 0 Å². The molecule has 188 valence electrons. The van der Waals surface area contributed by atoms with E-state index >= 15 is 0 Å². The number of carbonyl (C=O) groups is 2. The summed E-state index contributed by atoms with van der Waals surface area (Å²) in [6, 6.07) is 12.1. The summed E-state index contributed by atoms with van der Waals surface area (Å²) >= 11 is 7.55. The molecule has 2 fully saturated rings. The number of hydrogen-bond donors (Lipinski definition) is 2. The summed E-state index contributed by atoms with van der Waals surface area (Å²) in [5, 5.41) is 20.8. The Bertz CT molecular complexity index is 1050. The predicted molar refractivity (Wildman–Crippen MR) is 133 cm³/mol. The van der Waals surface area contributed by atoms with Crippen LogP contribution in [0.3, 0.4) is 0 Å². The molecule has 2 N–H and O–H groups in total. The molecule has 0 bridgehead atoms. The first-order valence-electron chi connectivity index (χ1n) is 11.5. The molecule has 0 aromatic heterocycles. The van der Waals surface area contributed by atoms with E-state index in [9.17, 15) is 24.2 Å². The number of aliphatic carboxylic acids is 1. The molecule has 1 amide bonds. The normalized spacial score (nSPS) is 22.1. The molecule has 4 atom stereocenters. The van der Waals surface area contributed by atoms with Crippen LogP contribution in [0.1, 0.15) is 31.4 Å². The molecule has 1 saturated heterocycles. The topological polar surface area (TPSA) is 90.3 Å². The molecular formula is C25H28ClFN2O5S. The Morgan fingerprint density at radius 2 is 1.94 bits per heavy atom. The number of para-hydroxylation sites is 1. The number of aliphatic hydroxyl groups excluding tert-OH is 1. The van der Waals surface area contributed by atoms with E-state index < -0.39 is 41.8 Å². The molecule has 1 aliphatic heterocycles. The van der Waals surface area contributed by atoms with Crippen LogP contribution in [0, 0.1) is 11.7 Å². The van der Waals surface area contributed by atoms with Crippen LogP contribution in [0.15, 0.2) is 48.5 Å². The smallest absolute Gasteiger partial charge is 0.309 e. The molecule has 2 aromatic rings. The van der Waals surface area contributed by atoms with Gasteiger partial charge >= 0.3 is 5.97 Å². The highest BCUT2D eigenvalue weighted by Gasteiger charge is 2.45. The zero-order valence-electron chi connectivity index (χ0n) is 19.2. The van der Waals surface area contributed by atoms with Crippen LogP contribution >= 0.6 is 23.5 Å². The first-order chi connectivity index (χ1) is 16.8. The maximum absolute atomic E-state index is 14.7. The van der Waals surface area contributed by atoms with Crippen molar-refractivity contribution in [1.29, 1.82) is 0 Å². The summed E-state index contributed by atoms with van der Waals surface area (Å²) in [5.74, 6) is -3.13. The molecule has 0 spiro atoms. The molecule has 1 aliphatic carbocycles. The monoisotopic (exact) mass is 522 g/mol. The molecule has 35 heavy (non-hydrogen) atoms. The van der Waals surface area contributed by atoms with Crippen molar-refractivity contribution in [1.82, 2.24) is 4.90 Å². The van der Waals surface area contributed by atoms with E-state index in [0.717, 1.165) is 18.4 Å². The van der Waals surface area contributed by atoms with Gasteiger partial charge in [-0.05, 0) is 61.5 Å². The molecule has 10 heteroatoms. The number of morpholine rings is 1. The fourth-order valence-corrected chi connectivity index (χ4v) is 5.49. The quantitative estimate of drug-likeness (QED) is 0.453. The Kier molecular flexibility index (Phi) is 8.21. The molecular weight excluding hydrogens is 495 g/mol. The third-order valence-electron chi connectivity index (χ3n) is 6.27. The van der Waals surface area contributed by atoms with Crippen molar-refractivity contribution >= 4 is 41.1 Å². The van der Waals surface area contributed by atoms with Gasteiger partial charge < -0.3 is 24.2 Å². The van der Waals surface area contributed by atoms with Crippen molar-refractivity contribution < 1.29 is 28.9 Å². The first kappa shape index (κ1) is 25.8. The summed E-state index contributed by atoms with van der Waals surface area (Å²) in [5.41, 5.74) is 1.12. The fourth-order valence-electron chi connectivity index (χ4n) is 4.14. The van der Waals surface area contributed by atoms with Gasteiger partial charge in [0.2, 0.25) is 0 Å². The van der Waals surface area contributed by atoms with Gasteiger partial charge in [0, 0.05) is 10.3 Å². The number of carboxylic acid groups (broad SMARTS) is 1. The van der Waals surface area contributed by atoms with Gasteiger partial charge in [-0.1, -0.05) is 35.9 Å². The fraction of sp³-hybridized carbons (Fsp3) is 0.440. The van der Waals surface area contributed by atoms with Gasteiger partial charge in [-0.15, -0.1) is 0 Å². The third-order valence-corrected chi connectivity index (χ3v) is 7.89. The Labute approximate surface area is 212 Å². The summed E-state index contributed by atoms with van der Waals surface area (Å²) in [6.45, 7) is 1.25. The second-order valence-corrected chi connectivity index (χ2v) is 10.6. The van der Waals surface area contributed by atoms with E-state index in [4.69, 9.17) is 16.3 Å². The largest absolute Gasteiger partial charge is 0.481 e. The standard InChI is InChI=1S/C25H28ClFN2O5S/c1-15(25(32)33)23-24(31)29(22(14-34-23)16-6-8-17(26)9-7-16)18(13-30)12-28(35-19-10-11-19)21-5-3-2-4-20(21)27/h2-9,15,18-19,22-23,30H,10-14H2,1H3,(H,32,33).